The summed E-state index contributed by atoms with van der Waals surface area (Å²) in [5, 5.41) is 0.957. The van der Waals surface area contributed by atoms with Gasteiger partial charge in [0.05, 0.1) is 5.38 Å². The molecule has 2 rings (SSSR count). The molecule has 0 nitrogen and oxygen atoms in total. The molecule has 0 fully saturated rings. The van der Waals surface area contributed by atoms with Crippen molar-refractivity contribution in [2.24, 2.45) is 0 Å². The Morgan fingerprint density at radius 1 is 0.941 bits per heavy atom. The zero-order valence-electron chi connectivity index (χ0n) is 8.63. The van der Waals surface area contributed by atoms with Crippen molar-refractivity contribution in [2.75, 3.05) is 0 Å². The zero-order valence-corrected chi connectivity index (χ0v) is 12.5. The van der Waals surface area contributed by atoms with Gasteiger partial charge in [0.1, 0.15) is 0 Å². The van der Waals surface area contributed by atoms with Gasteiger partial charge in [-0.1, -0.05) is 51.3 Å². The maximum Gasteiger partial charge on any atom is 0.0850 e. The van der Waals surface area contributed by atoms with Crippen molar-refractivity contribution >= 4 is 50.7 Å². The van der Waals surface area contributed by atoms with Gasteiger partial charge in [0, 0.05) is 14.5 Å². The van der Waals surface area contributed by atoms with Crippen LogP contribution in [0, 0.1) is 0 Å². The topological polar surface area (TPSA) is 0 Å². The summed E-state index contributed by atoms with van der Waals surface area (Å²) in [5.41, 5.74) is 1.81. The number of benzene rings is 2. The molecule has 0 aliphatic rings. The van der Waals surface area contributed by atoms with Gasteiger partial charge >= 0.3 is 0 Å². The minimum atomic E-state index is -0.297. The van der Waals surface area contributed by atoms with Crippen molar-refractivity contribution in [1.29, 1.82) is 0 Å². The smallest absolute Gasteiger partial charge is 0.0850 e. The highest BCUT2D eigenvalue weighted by molar-refractivity contribution is 9.10. The fourth-order valence-corrected chi connectivity index (χ4v) is 2.57. The Bertz CT molecular complexity index is 523. The van der Waals surface area contributed by atoms with Crippen LogP contribution < -0.4 is 0 Å². The van der Waals surface area contributed by atoms with Gasteiger partial charge in [-0.05, 0) is 41.5 Å². The second-order valence-electron chi connectivity index (χ2n) is 3.58. The fraction of sp³-hybridized carbons (Fsp3) is 0.0769. The lowest BCUT2D eigenvalue weighted by Gasteiger charge is -2.12. The number of alkyl halides is 1. The summed E-state index contributed by atoms with van der Waals surface area (Å²) in [6.07, 6.45) is 0. The van der Waals surface area contributed by atoms with Gasteiger partial charge in [0.2, 0.25) is 0 Å². The molecule has 4 heteroatoms. The van der Waals surface area contributed by atoms with Crippen LogP contribution in [-0.4, -0.2) is 0 Å². The molecule has 0 aliphatic carbocycles. The van der Waals surface area contributed by atoms with Crippen LogP contribution in [0.15, 0.2) is 46.9 Å². The summed E-state index contributed by atoms with van der Waals surface area (Å²) in [7, 11) is 0. The van der Waals surface area contributed by atoms with E-state index in [4.69, 9.17) is 34.8 Å². The Morgan fingerprint density at radius 3 is 2.24 bits per heavy atom. The van der Waals surface area contributed by atoms with Crippen molar-refractivity contribution in [1.82, 2.24) is 0 Å². The zero-order chi connectivity index (χ0) is 12.4. The summed E-state index contributed by atoms with van der Waals surface area (Å²) in [5.74, 6) is 0. The number of halogens is 4. The highest BCUT2D eigenvalue weighted by Crippen LogP contribution is 2.35. The van der Waals surface area contributed by atoms with Crippen LogP contribution in [0.2, 0.25) is 10.0 Å². The first-order valence-corrected chi connectivity index (χ1v) is 6.91. The van der Waals surface area contributed by atoms with Crippen LogP contribution in [0.1, 0.15) is 16.5 Å². The number of hydrogen-bond donors (Lipinski definition) is 0. The van der Waals surface area contributed by atoms with Crippen molar-refractivity contribution in [3.63, 3.8) is 0 Å². The molecule has 17 heavy (non-hydrogen) atoms. The van der Waals surface area contributed by atoms with E-state index in [9.17, 15) is 0 Å². The minimum Gasteiger partial charge on any atom is -0.113 e. The van der Waals surface area contributed by atoms with E-state index in [-0.39, 0.29) is 5.38 Å². The standard InChI is InChI=1S/C13H8BrCl3/c14-9-3-1-8(2-4-9)13(17)11-7-10(15)5-6-12(11)16/h1-7,13H. The van der Waals surface area contributed by atoms with Gasteiger partial charge in [-0.25, -0.2) is 0 Å². The average molecular weight is 350 g/mol. The number of rotatable bonds is 2. The first kappa shape index (κ1) is 13.2. The van der Waals surface area contributed by atoms with Crippen molar-refractivity contribution in [3.8, 4) is 0 Å². The van der Waals surface area contributed by atoms with Crippen LogP contribution in [0.4, 0.5) is 0 Å². The Kier molecular flexibility index (Phi) is 4.37. The summed E-state index contributed by atoms with van der Waals surface area (Å²) >= 11 is 21.9. The second-order valence-corrected chi connectivity index (χ2v) is 5.78. The highest BCUT2D eigenvalue weighted by atomic mass is 79.9. The van der Waals surface area contributed by atoms with E-state index in [1.807, 2.05) is 24.3 Å². The molecule has 2 aromatic rings. The average Bonchev–Trinajstić information content (AvgIpc) is 2.32. The molecule has 0 aromatic heterocycles. The quantitative estimate of drug-likeness (QED) is 0.575. The van der Waals surface area contributed by atoms with Gasteiger partial charge in [-0.2, -0.15) is 0 Å². The van der Waals surface area contributed by atoms with Crippen molar-refractivity contribution in [2.45, 2.75) is 5.38 Å². The molecule has 0 heterocycles. The Hall–Kier alpha value is -0.210. The maximum atomic E-state index is 6.40. The lowest BCUT2D eigenvalue weighted by atomic mass is 10.0. The molecule has 0 aliphatic heterocycles. The molecule has 2 aromatic carbocycles. The van der Waals surface area contributed by atoms with Gasteiger partial charge < -0.3 is 0 Å². The fourth-order valence-electron chi connectivity index (χ4n) is 1.52. The molecule has 1 atom stereocenters. The third kappa shape index (κ3) is 3.17. The molecule has 88 valence electrons. The predicted octanol–water partition coefficient (Wildman–Crippen LogP) is 6.08. The van der Waals surface area contributed by atoms with Crippen LogP contribution in [0.25, 0.3) is 0 Å². The van der Waals surface area contributed by atoms with Gasteiger partial charge in [-0.3, -0.25) is 0 Å². The van der Waals surface area contributed by atoms with E-state index in [0.29, 0.717) is 10.0 Å². The minimum absolute atomic E-state index is 0.297. The first-order chi connectivity index (χ1) is 8.08. The van der Waals surface area contributed by atoms with Crippen LogP contribution in [0.5, 0.6) is 0 Å². The maximum absolute atomic E-state index is 6.40. The van der Waals surface area contributed by atoms with Crippen LogP contribution >= 0.6 is 50.7 Å². The molecule has 0 radical (unpaired) electrons. The number of hydrogen-bond acceptors (Lipinski definition) is 0. The summed E-state index contributed by atoms with van der Waals surface area (Å²) < 4.78 is 1.02. The first-order valence-electron chi connectivity index (χ1n) is 4.92. The van der Waals surface area contributed by atoms with E-state index in [1.165, 1.54) is 0 Å². The Balaban J connectivity index is 2.39. The molecular weight excluding hydrogens is 342 g/mol. The largest absolute Gasteiger partial charge is 0.113 e. The van der Waals surface area contributed by atoms with Gasteiger partial charge in [-0.15, -0.1) is 11.6 Å². The molecule has 0 saturated carbocycles. The highest BCUT2D eigenvalue weighted by Gasteiger charge is 2.14. The molecule has 0 amide bonds. The Morgan fingerprint density at radius 2 is 1.59 bits per heavy atom. The lowest BCUT2D eigenvalue weighted by Crippen LogP contribution is -1.94. The third-order valence-corrected chi connectivity index (χ3v) is 3.99. The second kappa shape index (κ2) is 5.62. The summed E-state index contributed by atoms with van der Waals surface area (Å²) in [6.45, 7) is 0. The Labute approximate surface area is 124 Å². The van der Waals surface area contributed by atoms with E-state index < -0.39 is 0 Å². The van der Waals surface area contributed by atoms with E-state index >= 15 is 0 Å². The van der Waals surface area contributed by atoms with Gasteiger partial charge in [0.15, 0.2) is 0 Å². The van der Waals surface area contributed by atoms with Crippen molar-refractivity contribution in [3.05, 3.63) is 68.1 Å². The summed E-state index contributed by atoms with van der Waals surface area (Å²) in [6, 6.07) is 13.1. The molecular formula is C13H8BrCl3. The SMILES string of the molecule is Clc1ccc(Cl)c(C(Cl)c2ccc(Br)cc2)c1. The molecule has 0 bridgehead atoms. The van der Waals surface area contributed by atoms with Crippen LogP contribution in [-0.2, 0) is 0 Å². The van der Waals surface area contributed by atoms with E-state index in [2.05, 4.69) is 15.9 Å². The van der Waals surface area contributed by atoms with Gasteiger partial charge in [0.25, 0.3) is 0 Å². The molecule has 0 spiro atoms. The lowest BCUT2D eigenvalue weighted by molar-refractivity contribution is 1.14. The van der Waals surface area contributed by atoms with Crippen molar-refractivity contribution < 1.29 is 0 Å². The van der Waals surface area contributed by atoms with Crippen LogP contribution in [0.3, 0.4) is 0 Å². The molecule has 1 unspecified atom stereocenters. The monoisotopic (exact) mass is 348 g/mol. The van der Waals surface area contributed by atoms with E-state index in [1.54, 1.807) is 18.2 Å². The predicted molar refractivity (Wildman–Crippen MR) is 78.3 cm³/mol. The molecule has 0 saturated heterocycles. The van der Waals surface area contributed by atoms with E-state index in [0.717, 1.165) is 15.6 Å². The molecule has 0 N–H and O–H groups in total. The summed E-state index contributed by atoms with van der Waals surface area (Å²) in [4.78, 5) is 0. The third-order valence-electron chi connectivity index (χ3n) is 2.39. The normalized spacial score (nSPS) is 12.5.